The molecule has 0 N–H and O–H groups in total. The minimum atomic E-state index is -0.641. The van der Waals surface area contributed by atoms with Crippen LogP contribution >= 0.6 is 0 Å². The lowest BCUT2D eigenvalue weighted by Crippen LogP contribution is -2.52. The third kappa shape index (κ3) is 2.34. The van der Waals surface area contributed by atoms with Gasteiger partial charge in [-0.2, -0.15) is 0 Å². The first-order valence-electron chi connectivity index (χ1n) is 4.15. The maximum Gasteiger partial charge on any atom is 0.153 e. The van der Waals surface area contributed by atoms with E-state index in [1.165, 1.54) is 6.04 Å². The third-order valence-corrected chi connectivity index (χ3v) is 28.0. The average molecular weight is 190 g/mol. The van der Waals surface area contributed by atoms with E-state index in [2.05, 4.69) is 26.6 Å². The van der Waals surface area contributed by atoms with Crippen LogP contribution in [0.1, 0.15) is 6.92 Å². The van der Waals surface area contributed by atoms with Crippen molar-refractivity contribution in [2.45, 2.75) is 38.7 Å². The Labute approximate surface area is 68.3 Å². The van der Waals surface area contributed by atoms with Crippen LogP contribution in [0.2, 0.25) is 25.7 Å². The lowest BCUT2D eigenvalue weighted by Gasteiger charge is -2.35. The van der Waals surface area contributed by atoms with Crippen LogP contribution < -0.4 is 0 Å². The maximum absolute atomic E-state index is 5.86. The molecule has 1 rings (SSSR count). The Morgan fingerprint density at radius 2 is 2.20 bits per heavy atom. The van der Waals surface area contributed by atoms with Crippen LogP contribution in [0.25, 0.3) is 0 Å². The smallest absolute Gasteiger partial charge is 0.153 e. The molecule has 1 nitrogen and oxygen atoms in total. The van der Waals surface area contributed by atoms with Crippen LogP contribution in [0.15, 0.2) is 0 Å². The highest BCUT2D eigenvalue weighted by Crippen LogP contribution is 2.19. The number of hydrogen-bond donors (Lipinski definition) is 0. The molecule has 2 unspecified atom stereocenters. The van der Waals surface area contributed by atoms with Crippen molar-refractivity contribution < 1.29 is 4.43 Å². The van der Waals surface area contributed by atoms with E-state index in [-0.39, 0.29) is 8.55 Å². The zero-order valence-electron chi connectivity index (χ0n) is 7.48. The average Bonchev–Trinajstić information content (AvgIpc) is 1.54. The Morgan fingerprint density at radius 1 is 1.60 bits per heavy atom. The highest BCUT2D eigenvalue weighted by atomic mass is 29.6. The molecule has 2 atom stereocenters. The van der Waals surface area contributed by atoms with Crippen molar-refractivity contribution in [2.75, 3.05) is 0 Å². The monoisotopic (exact) mass is 190 g/mol. The standard InChI is InChI=1S/C6H18OSi3/c1-6-5-10(3,4)8-9(2)7-6/h6,9H,5,8H2,1-4H3. The lowest BCUT2D eigenvalue weighted by atomic mass is 10.5. The molecule has 0 saturated carbocycles. The Kier molecular flexibility index (Phi) is 2.55. The predicted molar refractivity (Wildman–Crippen MR) is 54.4 cm³/mol. The van der Waals surface area contributed by atoms with Crippen LogP contribution in [0, 0.1) is 0 Å². The first kappa shape index (κ1) is 8.70. The summed E-state index contributed by atoms with van der Waals surface area (Å²) in [5, 5.41) is 0. The van der Waals surface area contributed by atoms with Gasteiger partial charge in [0, 0.05) is 22.3 Å². The van der Waals surface area contributed by atoms with Crippen molar-refractivity contribution in [3.8, 4) is 0 Å². The van der Waals surface area contributed by atoms with Crippen molar-refractivity contribution in [3.05, 3.63) is 0 Å². The topological polar surface area (TPSA) is 9.23 Å². The summed E-state index contributed by atoms with van der Waals surface area (Å²) in [6.45, 7) is 9.77. The summed E-state index contributed by atoms with van der Waals surface area (Å²) in [5.41, 5.74) is 0. The summed E-state index contributed by atoms with van der Waals surface area (Å²) in [6.07, 6.45) is 0.615. The molecular weight excluding hydrogens is 172 g/mol. The molecule has 0 aromatic heterocycles. The van der Waals surface area contributed by atoms with E-state index in [1.54, 1.807) is 0 Å². The van der Waals surface area contributed by atoms with Gasteiger partial charge < -0.3 is 4.43 Å². The molecule has 1 heterocycles. The van der Waals surface area contributed by atoms with Crippen LogP contribution in [0.3, 0.4) is 0 Å². The molecule has 4 heteroatoms. The Hall–Kier alpha value is 0.611. The summed E-state index contributed by atoms with van der Waals surface area (Å²) in [5.74, 6) is 0. The molecule has 0 aliphatic carbocycles. The van der Waals surface area contributed by atoms with Gasteiger partial charge in [0.25, 0.3) is 0 Å². The van der Waals surface area contributed by atoms with Crippen LogP contribution in [0.5, 0.6) is 0 Å². The third-order valence-electron chi connectivity index (χ3n) is 2.14. The van der Waals surface area contributed by atoms with Crippen molar-refractivity contribution in [1.82, 2.24) is 0 Å². The van der Waals surface area contributed by atoms with Gasteiger partial charge in [0.2, 0.25) is 0 Å². The minimum Gasteiger partial charge on any atom is -0.422 e. The van der Waals surface area contributed by atoms with Crippen LogP contribution in [-0.2, 0) is 4.43 Å². The summed E-state index contributed by atoms with van der Waals surface area (Å²) >= 11 is 0. The van der Waals surface area contributed by atoms with Gasteiger partial charge in [-0.25, -0.2) is 0 Å². The van der Waals surface area contributed by atoms with Gasteiger partial charge in [-0.3, -0.25) is 0 Å². The molecule has 1 aliphatic rings. The second-order valence-electron chi connectivity index (χ2n) is 4.33. The molecule has 1 fully saturated rings. The fourth-order valence-corrected chi connectivity index (χ4v) is 30.7. The summed E-state index contributed by atoms with van der Waals surface area (Å²) in [4.78, 5) is 0. The molecule has 0 spiro atoms. The Bertz CT molecular complexity index is 114. The number of rotatable bonds is 0. The molecule has 0 bridgehead atoms. The van der Waals surface area contributed by atoms with E-state index in [9.17, 15) is 0 Å². The molecule has 1 saturated heterocycles. The Balaban J connectivity index is 2.51. The van der Waals surface area contributed by atoms with E-state index in [0.29, 0.717) is 6.10 Å². The summed E-state index contributed by atoms with van der Waals surface area (Å²) in [7, 11) is -0.933. The van der Waals surface area contributed by atoms with Gasteiger partial charge in [-0.1, -0.05) is 19.6 Å². The van der Waals surface area contributed by atoms with Gasteiger partial charge in [0.1, 0.15) is 0 Å². The predicted octanol–water partition coefficient (Wildman–Crippen LogP) is 0.629. The highest BCUT2D eigenvalue weighted by Gasteiger charge is 2.33. The quantitative estimate of drug-likeness (QED) is 0.509. The molecule has 0 aromatic rings. The largest absolute Gasteiger partial charge is 0.422 e. The normalized spacial score (nSPS) is 42.0. The fraction of sp³-hybridized carbons (Fsp3) is 1.00. The molecule has 10 heavy (non-hydrogen) atoms. The summed E-state index contributed by atoms with van der Waals surface area (Å²) in [6, 6.07) is 1.44. The zero-order chi connectivity index (χ0) is 7.78. The van der Waals surface area contributed by atoms with Crippen LogP contribution in [0.4, 0.5) is 0 Å². The van der Waals surface area contributed by atoms with Crippen molar-refractivity contribution >= 4 is 24.7 Å². The molecule has 60 valence electrons. The molecule has 0 radical (unpaired) electrons. The fourth-order valence-electron chi connectivity index (χ4n) is 2.13. The second-order valence-corrected chi connectivity index (χ2v) is 25.5. The Morgan fingerprint density at radius 3 is 2.60 bits per heavy atom. The molecule has 0 amide bonds. The van der Waals surface area contributed by atoms with E-state index in [0.717, 1.165) is 0 Å². The first-order valence-corrected chi connectivity index (χ1v) is 14.6. The van der Waals surface area contributed by atoms with Gasteiger partial charge in [0.15, 0.2) is 8.56 Å². The summed E-state index contributed by atoms with van der Waals surface area (Å²) < 4.78 is 5.86. The van der Waals surface area contributed by atoms with Gasteiger partial charge in [-0.05, 0) is 13.0 Å². The van der Waals surface area contributed by atoms with E-state index in [1.807, 2.05) is 0 Å². The van der Waals surface area contributed by atoms with Gasteiger partial charge in [0.05, 0.1) is 0 Å². The first-order chi connectivity index (χ1) is 4.49. The zero-order valence-corrected chi connectivity index (χ0v) is 11.0. The highest BCUT2D eigenvalue weighted by molar-refractivity contribution is 7.46. The molecule has 0 aromatic carbocycles. The van der Waals surface area contributed by atoms with E-state index >= 15 is 0 Å². The SMILES string of the molecule is CC1C[Si](C)(C)[SiH2][SiH](C)O1. The van der Waals surface area contributed by atoms with Gasteiger partial charge >= 0.3 is 0 Å². The van der Waals surface area contributed by atoms with Crippen LogP contribution in [-0.4, -0.2) is 30.8 Å². The molecule has 1 aliphatic heterocycles. The van der Waals surface area contributed by atoms with Crippen molar-refractivity contribution in [3.63, 3.8) is 0 Å². The van der Waals surface area contributed by atoms with Crippen molar-refractivity contribution in [2.24, 2.45) is 0 Å². The molecular formula is C6H18OSi3. The van der Waals surface area contributed by atoms with E-state index in [4.69, 9.17) is 4.43 Å². The van der Waals surface area contributed by atoms with Crippen molar-refractivity contribution in [1.29, 1.82) is 0 Å². The maximum atomic E-state index is 5.86. The van der Waals surface area contributed by atoms with E-state index < -0.39 is 16.1 Å². The lowest BCUT2D eigenvalue weighted by molar-refractivity contribution is 0.249. The van der Waals surface area contributed by atoms with Gasteiger partial charge in [-0.15, -0.1) is 0 Å². The number of hydrogen-bond acceptors (Lipinski definition) is 1. The second kappa shape index (κ2) is 2.92. The minimum absolute atomic E-state index is 0.285.